The van der Waals surface area contributed by atoms with Crippen LogP contribution in [0.1, 0.15) is 10.4 Å². The summed E-state index contributed by atoms with van der Waals surface area (Å²) >= 11 is 0. The minimum absolute atomic E-state index is 0.159. The van der Waals surface area contributed by atoms with Crippen molar-refractivity contribution in [2.24, 2.45) is 7.05 Å². The van der Waals surface area contributed by atoms with Gasteiger partial charge < -0.3 is 14.4 Å². The molecule has 0 radical (unpaired) electrons. The molecule has 0 aliphatic carbocycles. The molecule has 1 unspecified atom stereocenters. The zero-order chi connectivity index (χ0) is 23.7. The van der Waals surface area contributed by atoms with E-state index in [2.05, 4.69) is 4.98 Å². The Labute approximate surface area is 196 Å². The molecule has 0 N–H and O–H groups in total. The van der Waals surface area contributed by atoms with Crippen LogP contribution >= 0.6 is 0 Å². The van der Waals surface area contributed by atoms with Crippen LogP contribution in [0, 0.1) is 0 Å². The Balaban J connectivity index is 1.50. The van der Waals surface area contributed by atoms with Crippen molar-refractivity contribution in [1.29, 1.82) is 0 Å². The van der Waals surface area contributed by atoms with Crippen molar-refractivity contribution in [2.75, 3.05) is 31.7 Å². The summed E-state index contributed by atoms with van der Waals surface area (Å²) < 4.78 is 12.9. The Morgan fingerprint density at radius 2 is 1.91 bits per heavy atom. The minimum Gasteiger partial charge on any atom is -0.496 e. The number of nitrogens with zero attached hydrogens (tertiary/aromatic N) is 4. The maximum Gasteiger partial charge on any atom is 0.255 e. The molecule has 0 amide bonds. The predicted molar refractivity (Wildman–Crippen MR) is 129 cm³/mol. The number of hydrogen-bond donors (Lipinski definition) is 0. The molecule has 5 rings (SSSR count). The summed E-state index contributed by atoms with van der Waals surface area (Å²) in [7, 11) is 3.24. The molecule has 1 fully saturated rings. The molecular formula is C26H24N4O4. The van der Waals surface area contributed by atoms with E-state index in [0.717, 1.165) is 16.3 Å². The van der Waals surface area contributed by atoms with Crippen molar-refractivity contribution < 1.29 is 14.3 Å². The zero-order valence-corrected chi connectivity index (χ0v) is 19.0. The molecule has 0 spiro atoms. The zero-order valence-electron chi connectivity index (χ0n) is 19.0. The molecule has 0 saturated carbocycles. The number of carbonyl (C=O) groups is 1. The molecule has 1 aliphatic rings. The Hall–Kier alpha value is -4.04. The van der Waals surface area contributed by atoms with Gasteiger partial charge in [-0.25, -0.2) is 4.98 Å². The smallest absolute Gasteiger partial charge is 0.255 e. The van der Waals surface area contributed by atoms with Gasteiger partial charge in [0.25, 0.3) is 5.56 Å². The van der Waals surface area contributed by atoms with E-state index in [1.54, 1.807) is 32.6 Å². The number of ketones is 1. The van der Waals surface area contributed by atoms with Crippen molar-refractivity contribution in [3.8, 4) is 17.0 Å². The van der Waals surface area contributed by atoms with Gasteiger partial charge >= 0.3 is 0 Å². The van der Waals surface area contributed by atoms with Crippen LogP contribution in [0.15, 0.2) is 71.8 Å². The topological polar surface area (TPSA) is 86.5 Å². The van der Waals surface area contributed by atoms with Crippen molar-refractivity contribution in [3.05, 3.63) is 82.9 Å². The molecule has 172 valence electrons. The van der Waals surface area contributed by atoms with E-state index in [1.807, 2.05) is 47.4 Å². The third kappa shape index (κ3) is 3.92. The lowest BCUT2D eigenvalue weighted by atomic mass is 9.97. The molecular weight excluding hydrogens is 432 g/mol. The van der Waals surface area contributed by atoms with Gasteiger partial charge in [0.1, 0.15) is 11.9 Å². The summed E-state index contributed by atoms with van der Waals surface area (Å²) in [6.45, 7) is 1.11. The van der Waals surface area contributed by atoms with Gasteiger partial charge in [0.15, 0.2) is 5.78 Å². The van der Waals surface area contributed by atoms with Gasteiger partial charge in [-0.05, 0) is 29.0 Å². The number of fused-ring (bicyclic) bond motifs is 1. The summed E-state index contributed by atoms with van der Waals surface area (Å²) in [4.78, 5) is 37.1. The number of benzene rings is 2. The van der Waals surface area contributed by atoms with Gasteiger partial charge in [-0.15, -0.1) is 0 Å². The van der Waals surface area contributed by atoms with Gasteiger partial charge in [-0.1, -0.05) is 30.3 Å². The fourth-order valence-electron chi connectivity index (χ4n) is 4.31. The van der Waals surface area contributed by atoms with E-state index >= 15 is 0 Å². The number of rotatable bonds is 5. The highest BCUT2D eigenvalue weighted by molar-refractivity contribution is 6.12. The van der Waals surface area contributed by atoms with Crippen LogP contribution < -0.4 is 15.2 Å². The standard InChI is InChI=1S/C26H24N4O4/c1-29-23(31)15-20(18-9-11-27-12-10-18)28-26(29)30-13-14-34-22(16-30)25(32)24-19-6-4-3-5-17(19)7-8-21(24)33-2/h3-12,15,22H,13-14,16H2,1-2H3. The summed E-state index contributed by atoms with van der Waals surface area (Å²) in [6.07, 6.45) is 2.60. The van der Waals surface area contributed by atoms with Gasteiger partial charge in [-0.2, -0.15) is 0 Å². The maximum atomic E-state index is 13.7. The first-order chi connectivity index (χ1) is 16.6. The molecule has 4 aromatic rings. The van der Waals surface area contributed by atoms with Gasteiger partial charge in [0.2, 0.25) is 5.95 Å². The van der Waals surface area contributed by atoms with Crippen LogP contribution in [-0.2, 0) is 11.8 Å². The lowest BCUT2D eigenvalue weighted by molar-refractivity contribution is 0.0336. The van der Waals surface area contributed by atoms with Gasteiger partial charge in [-0.3, -0.25) is 19.1 Å². The monoisotopic (exact) mass is 456 g/mol. The number of aromatic nitrogens is 3. The van der Waals surface area contributed by atoms with Crippen LogP contribution in [0.25, 0.3) is 22.0 Å². The molecule has 8 heteroatoms. The third-order valence-electron chi connectivity index (χ3n) is 6.09. The van der Waals surface area contributed by atoms with E-state index in [1.165, 1.54) is 10.6 Å². The molecule has 34 heavy (non-hydrogen) atoms. The highest BCUT2D eigenvalue weighted by Gasteiger charge is 2.32. The van der Waals surface area contributed by atoms with Crippen LogP contribution in [0.4, 0.5) is 5.95 Å². The second-order valence-electron chi connectivity index (χ2n) is 8.11. The molecule has 0 bridgehead atoms. The minimum atomic E-state index is -0.727. The van der Waals surface area contributed by atoms with E-state index in [-0.39, 0.29) is 17.9 Å². The number of methoxy groups -OCH3 is 1. The van der Waals surface area contributed by atoms with Gasteiger partial charge in [0.05, 0.1) is 31.5 Å². The number of morpholine rings is 1. The second-order valence-corrected chi connectivity index (χ2v) is 8.11. The predicted octanol–water partition coefficient (Wildman–Crippen LogP) is 3.09. The summed E-state index contributed by atoms with van der Waals surface area (Å²) in [5.74, 6) is 0.841. The SMILES string of the molecule is COc1ccc2ccccc2c1C(=O)C1CN(c2nc(-c3ccncc3)cc(=O)n2C)CCO1. The molecule has 8 nitrogen and oxygen atoms in total. The fourth-order valence-corrected chi connectivity index (χ4v) is 4.31. The first-order valence-electron chi connectivity index (χ1n) is 11.0. The molecule has 3 heterocycles. The van der Waals surface area contributed by atoms with Crippen molar-refractivity contribution in [1.82, 2.24) is 14.5 Å². The van der Waals surface area contributed by atoms with Gasteiger partial charge in [0, 0.05) is 37.6 Å². The number of hydrogen-bond acceptors (Lipinski definition) is 7. The first kappa shape index (κ1) is 21.8. The Morgan fingerprint density at radius 1 is 1.12 bits per heavy atom. The van der Waals surface area contributed by atoms with Crippen LogP contribution in [0.5, 0.6) is 5.75 Å². The lowest BCUT2D eigenvalue weighted by Crippen LogP contribution is -2.48. The number of Topliss-reactive ketones (excluding diaryl/α,β-unsaturated/α-hetero) is 1. The Morgan fingerprint density at radius 3 is 2.71 bits per heavy atom. The Bertz CT molecular complexity index is 1420. The van der Waals surface area contributed by atoms with Crippen LogP contribution in [0.2, 0.25) is 0 Å². The largest absolute Gasteiger partial charge is 0.496 e. The van der Waals surface area contributed by atoms with Crippen molar-refractivity contribution in [3.63, 3.8) is 0 Å². The van der Waals surface area contributed by atoms with E-state index in [0.29, 0.717) is 36.1 Å². The average molecular weight is 457 g/mol. The Kier molecular flexibility index (Phi) is 5.81. The molecule has 1 atom stereocenters. The number of ether oxygens (including phenoxy) is 2. The fraction of sp³-hybridized carbons (Fsp3) is 0.231. The normalized spacial score (nSPS) is 15.9. The highest BCUT2D eigenvalue weighted by Crippen LogP contribution is 2.30. The van der Waals surface area contributed by atoms with Crippen molar-refractivity contribution >= 4 is 22.5 Å². The maximum absolute atomic E-state index is 13.7. The van der Waals surface area contributed by atoms with Crippen LogP contribution in [-0.4, -0.2) is 53.2 Å². The average Bonchev–Trinajstić information content (AvgIpc) is 2.89. The van der Waals surface area contributed by atoms with E-state index < -0.39 is 6.10 Å². The quantitative estimate of drug-likeness (QED) is 0.427. The van der Waals surface area contributed by atoms with E-state index in [4.69, 9.17) is 14.5 Å². The molecule has 1 saturated heterocycles. The van der Waals surface area contributed by atoms with Crippen molar-refractivity contribution in [2.45, 2.75) is 6.10 Å². The summed E-state index contributed by atoms with van der Waals surface area (Å²) in [5.41, 5.74) is 1.68. The first-order valence-corrected chi connectivity index (χ1v) is 11.0. The highest BCUT2D eigenvalue weighted by atomic mass is 16.5. The number of carbonyl (C=O) groups excluding carboxylic acids is 1. The lowest BCUT2D eigenvalue weighted by Gasteiger charge is -2.34. The third-order valence-corrected chi connectivity index (χ3v) is 6.09. The number of anilines is 1. The summed E-state index contributed by atoms with van der Waals surface area (Å²) in [6, 6.07) is 16.6. The molecule has 2 aromatic heterocycles. The molecule has 1 aliphatic heterocycles. The van der Waals surface area contributed by atoms with E-state index in [9.17, 15) is 9.59 Å². The molecule has 2 aromatic carbocycles. The van der Waals surface area contributed by atoms with Crippen LogP contribution in [0.3, 0.4) is 0 Å². The number of pyridine rings is 1. The summed E-state index contributed by atoms with van der Waals surface area (Å²) in [5, 5.41) is 1.77. The second kappa shape index (κ2) is 9.07.